The third-order valence-electron chi connectivity index (χ3n) is 3.27. The van der Waals surface area contributed by atoms with E-state index in [1.165, 1.54) is 10.4 Å². The number of hydrogen-bond acceptors (Lipinski definition) is 3. The molecule has 1 saturated carbocycles. The lowest BCUT2D eigenvalue weighted by molar-refractivity contribution is 0.393. The lowest BCUT2D eigenvalue weighted by Gasteiger charge is -2.22. The molecule has 0 radical (unpaired) electrons. The van der Waals surface area contributed by atoms with Gasteiger partial charge >= 0.3 is 0 Å². The molecule has 0 heterocycles. The smallest absolute Gasteiger partial charge is 0.246 e. The van der Waals surface area contributed by atoms with Crippen LogP contribution in [-0.2, 0) is 10.0 Å². The number of rotatable bonds is 6. The van der Waals surface area contributed by atoms with Gasteiger partial charge in [0.15, 0.2) is 5.82 Å². The fourth-order valence-electron chi connectivity index (χ4n) is 2.06. The summed E-state index contributed by atoms with van der Waals surface area (Å²) in [5.41, 5.74) is 5.72. The molecule has 0 saturated heterocycles. The Balaban J connectivity index is 2.40. The van der Waals surface area contributed by atoms with E-state index in [4.69, 9.17) is 17.3 Å². The fraction of sp³-hybridized carbons (Fsp3) is 0.538. The summed E-state index contributed by atoms with van der Waals surface area (Å²) in [5.74, 6) is -0.548. The lowest BCUT2D eigenvalue weighted by Crippen LogP contribution is -2.34. The third kappa shape index (κ3) is 3.24. The normalized spacial score (nSPS) is 15.8. The molecule has 4 nitrogen and oxygen atoms in total. The maximum atomic E-state index is 14.0. The number of sulfonamides is 1. The molecule has 112 valence electrons. The highest BCUT2D eigenvalue weighted by molar-refractivity contribution is 7.89. The van der Waals surface area contributed by atoms with Crippen molar-refractivity contribution in [1.29, 1.82) is 0 Å². The van der Waals surface area contributed by atoms with Gasteiger partial charge in [-0.05, 0) is 37.3 Å². The molecular formula is C13H18ClFN2O2S. The van der Waals surface area contributed by atoms with Crippen LogP contribution >= 0.6 is 11.6 Å². The van der Waals surface area contributed by atoms with Crippen molar-refractivity contribution in [2.45, 2.75) is 31.1 Å². The molecule has 0 unspecified atom stereocenters. The molecule has 20 heavy (non-hydrogen) atoms. The van der Waals surface area contributed by atoms with Crippen LogP contribution in [0.5, 0.6) is 0 Å². The Labute approximate surface area is 123 Å². The van der Waals surface area contributed by atoms with Gasteiger partial charge in [0.05, 0.1) is 5.02 Å². The summed E-state index contributed by atoms with van der Waals surface area (Å²) in [6, 6.07) is 2.34. The summed E-state index contributed by atoms with van der Waals surface area (Å²) in [7, 11) is -3.90. The van der Waals surface area contributed by atoms with Crippen molar-refractivity contribution in [3.05, 3.63) is 23.0 Å². The Morgan fingerprint density at radius 1 is 1.45 bits per heavy atom. The highest BCUT2D eigenvalue weighted by Gasteiger charge is 2.33. The van der Waals surface area contributed by atoms with Crippen LogP contribution in [0.25, 0.3) is 0 Å². The summed E-state index contributed by atoms with van der Waals surface area (Å²) < 4.78 is 40.5. The molecule has 7 heteroatoms. The second kappa shape index (κ2) is 5.87. The van der Waals surface area contributed by atoms with Gasteiger partial charge in [0, 0.05) is 18.8 Å². The molecule has 2 N–H and O–H groups in total. The van der Waals surface area contributed by atoms with E-state index in [-0.39, 0.29) is 10.7 Å². The van der Waals surface area contributed by atoms with Gasteiger partial charge in [0.25, 0.3) is 0 Å². The number of hydrogen-bond donors (Lipinski definition) is 1. The minimum absolute atomic E-state index is 0.137. The molecule has 0 aliphatic heterocycles. The van der Waals surface area contributed by atoms with E-state index in [1.54, 1.807) is 0 Å². The number of nitrogen functional groups attached to an aromatic ring is 1. The van der Waals surface area contributed by atoms with Crippen molar-refractivity contribution in [2.75, 3.05) is 18.8 Å². The molecule has 1 aromatic carbocycles. The zero-order valence-electron chi connectivity index (χ0n) is 11.3. The standard InChI is InChI=1S/C13H18ClFN2O2S/c1-2-5-17(8-9-3-4-9)20(18,19)12-7-10(16)6-11(14)13(12)15/h6-7,9H,2-5,8,16H2,1H3. The van der Waals surface area contributed by atoms with Crippen LogP contribution in [0.3, 0.4) is 0 Å². The number of anilines is 1. The average Bonchev–Trinajstić information content (AvgIpc) is 3.17. The van der Waals surface area contributed by atoms with E-state index in [0.29, 0.717) is 25.4 Å². The molecule has 0 bridgehead atoms. The van der Waals surface area contributed by atoms with E-state index in [1.807, 2.05) is 6.92 Å². The predicted molar refractivity (Wildman–Crippen MR) is 77.6 cm³/mol. The Kier molecular flexibility index (Phi) is 4.56. The van der Waals surface area contributed by atoms with Gasteiger partial charge in [0.2, 0.25) is 10.0 Å². The molecule has 1 aliphatic rings. The fourth-order valence-corrected chi connectivity index (χ4v) is 4.07. The maximum absolute atomic E-state index is 14.0. The molecule has 1 aliphatic carbocycles. The van der Waals surface area contributed by atoms with Crippen LogP contribution in [0.1, 0.15) is 26.2 Å². The highest BCUT2D eigenvalue weighted by Crippen LogP contribution is 2.33. The topological polar surface area (TPSA) is 63.4 Å². The van der Waals surface area contributed by atoms with Crippen LogP contribution in [-0.4, -0.2) is 25.8 Å². The average molecular weight is 321 g/mol. The van der Waals surface area contributed by atoms with E-state index in [0.717, 1.165) is 18.9 Å². The first-order valence-electron chi connectivity index (χ1n) is 6.61. The van der Waals surface area contributed by atoms with Crippen molar-refractivity contribution in [3.63, 3.8) is 0 Å². The third-order valence-corrected chi connectivity index (χ3v) is 5.41. The zero-order valence-corrected chi connectivity index (χ0v) is 12.8. The van der Waals surface area contributed by atoms with Crippen molar-refractivity contribution < 1.29 is 12.8 Å². The van der Waals surface area contributed by atoms with Gasteiger partial charge in [-0.2, -0.15) is 4.31 Å². The van der Waals surface area contributed by atoms with Crippen LogP contribution in [0.4, 0.5) is 10.1 Å². The monoisotopic (exact) mass is 320 g/mol. The van der Waals surface area contributed by atoms with Crippen LogP contribution < -0.4 is 5.73 Å². The first kappa shape index (κ1) is 15.5. The van der Waals surface area contributed by atoms with Gasteiger partial charge < -0.3 is 5.73 Å². The number of nitrogens with two attached hydrogens (primary N) is 1. The molecular weight excluding hydrogens is 303 g/mol. The molecule has 0 spiro atoms. The second-order valence-electron chi connectivity index (χ2n) is 5.12. The van der Waals surface area contributed by atoms with Crippen LogP contribution in [0.15, 0.2) is 17.0 Å². The summed E-state index contributed by atoms with van der Waals surface area (Å²) in [5, 5.41) is -0.272. The second-order valence-corrected chi connectivity index (χ2v) is 7.43. The first-order valence-corrected chi connectivity index (χ1v) is 8.42. The molecule has 0 atom stereocenters. The lowest BCUT2D eigenvalue weighted by atomic mass is 10.3. The van der Waals surface area contributed by atoms with E-state index >= 15 is 0 Å². The summed E-state index contributed by atoms with van der Waals surface area (Å²) in [4.78, 5) is -0.434. The minimum atomic E-state index is -3.90. The maximum Gasteiger partial charge on any atom is 0.246 e. The van der Waals surface area contributed by atoms with Crippen LogP contribution in [0, 0.1) is 11.7 Å². The number of benzene rings is 1. The van der Waals surface area contributed by atoms with E-state index < -0.39 is 20.7 Å². The molecule has 0 aromatic heterocycles. The van der Waals surface area contributed by atoms with Gasteiger partial charge in [-0.1, -0.05) is 18.5 Å². The van der Waals surface area contributed by atoms with Crippen molar-refractivity contribution >= 4 is 27.3 Å². The largest absolute Gasteiger partial charge is 0.399 e. The number of nitrogens with zero attached hydrogens (tertiary/aromatic N) is 1. The Hall–Kier alpha value is -0.850. The Morgan fingerprint density at radius 3 is 2.65 bits per heavy atom. The van der Waals surface area contributed by atoms with Gasteiger partial charge in [-0.15, -0.1) is 0 Å². The van der Waals surface area contributed by atoms with Gasteiger partial charge in [-0.25, -0.2) is 12.8 Å². The SMILES string of the molecule is CCCN(CC1CC1)S(=O)(=O)c1cc(N)cc(Cl)c1F. The minimum Gasteiger partial charge on any atom is -0.399 e. The van der Waals surface area contributed by atoms with Crippen molar-refractivity contribution in [2.24, 2.45) is 5.92 Å². The quantitative estimate of drug-likeness (QED) is 0.820. The van der Waals surface area contributed by atoms with Gasteiger partial charge in [0.1, 0.15) is 4.90 Å². The Morgan fingerprint density at radius 2 is 2.10 bits per heavy atom. The van der Waals surface area contributed by atoms with E-state index in [9.17, 15) is 12.8 Å². The van der Waals surface area contributed by atoms with Crippen LogP contribution in [0.2, 0.25) is 5.02 Å². The first-order chi connectivity index (χ1) is 9.36. The predicted octanol–water partition coefficient (Wildman–Crippen LogP) is 2.87. The molecule has 2 rings (SSSR count). The van der Waals surface area contributed by atoms with Gasteiger partial charge in [-0.3, -0.25) is 0 Å². The summed E-state index contributed by atoms with van der Waals surface area (Å²) >= 11 is 5.69. The molecule has 0 amide bonds. The van der Waals surface area contributed by atoms with Crippen molar-refractivity contribution in [3.8, 4) is 0 Å². The summed E-state index contributed by atoms with van der Waals surface area (Å²) in [6.07, 6.45) is 2.72. The van der Waals surface area contributed by atoms with E-state index in [2.05, 4.69) is 0 Å². The Bertz CT molecular complexity index is 603. The number of halogens is 2. The zero-order chi connectivity index (χ0) is 14.9. The molecule has 1 fully saturated rings. The summed E-state index contributed by atoms with van der Waals surface area (Å²) in [6.45, 7) is 2.69. The molecule has 1 aromatic rings. The highest BCUT2D eigenvalue weighted by atomic mass is 35.5. The van der Waals surface area contributed by atoms with Crippen molar-refractivity contribution in [1.82, 2.24) is 4.31 Å².